The number of aromatic nitrogens is 3. The molecule has 2 fully saturated rings. The number of phenols is 1. The Morgan fingerprint density at radius 1 is 1.00 bits per heavy atom. The van der Waals surface area contributed by atoms with E-state index in [9.17, 15) is 14.7 Å². The molecule has 11 nitrogen and oxygen atoms in total. The van der Waals surface area contributed by atoms with Gasteiger partial charge < -0.3 is 34.3 Å². The summed E-state index contributed by atoms with van der Waals surface area (Å²) >= 11 is 0. The molecule has 0 radical (unpaired) electrons. The summed E-state index contributed by atoms with van der Waals surface area (Å²) in [5.74, 6) is -2.22. The number of nitrogens with one attached hydrogen (secondary N) is 1. The molecule has 3 aromatic carbocycles. The zero-order valence-electron chi connectivity index (χ0n) is 25.8. The molecule has 2 N–H and O–H groups in total. The van der Waals surface area contributed by atoms with Crippen molar-refractivity contribution in [1.82, 2.24) is 19.4 Å². The second-order valence-corrected chi connectivity index (χ2v) is 11.7. The molecule has 7 rings (SSSR count). The average Bonchev–Trinajstić information content (AvgIpc) is 3.92. The van der Waals surface area contributed by atoms with Crippen LogP contribution in [0.3, 0.4) is 0 Å². The molecule has 1 aliphatic carbocycles. The minimum atomic E-state index is -0.810. The third-order valence-electron chi connectivity index (χ3n) is 8.74. The number of pyridine rings is 1. The number of methoxy groups -OCH3 is 1. The van der Waals surface area contributed by atoms with E-state index in [0.717, 1.165) is 38.5 Å². The Bertz CT molecular complexity index is 2090. The van der Waals surface area contributed by atoms with E-state index in [1.807, 2.05) is 9.47 Å². The Hall–Kier alpha value is -5.30. The number of carbonyl (C=O) groups is 1. The molecule has 1 saturated heterocycles. The van der Waals surface area contributed by atoms with E-state index in [4.69, 9.17) is 9.47 Å². The first-order valence-corrected chi connectivity index (χ1v) is 15.4. The number of nitrogens with zero attached hydrogens (tertiary/aromatic N) is 5. The lowest BCUT2D eigenvalue weighted by molar-refractivity contribution is 0.102. The van der Waals surface area contributed by atoms with E-state index < -0.39 is 23.0 Å². The highest BCUT2D eigenvalue weighted by atomic mass is 19.1. The maximum Gasteiger partial charge on any atom is 0.261 e. The Kier molecular flexibility index (Phi) is 7.84. The number of carbonyl (C=O) groups excluding carboxylic acids is 1. The molecule has 1 saturated carbocycles. The van der Waals surface area contributed by atoms with Crippen LogP contribution >= 0.6 is 0 Å². The van der Waals surface area contributed by atoms with Crippen LogP contribution < -0.4 is 25.1 Å². The van der Waals surface area contributed by atoms with Crippen molar-refractivity contribution < 1.29 is 28.2 Å². The summed E-state index contributed by atoms with van der Waals surface area (Å²) in [6, 6.07) is 9.69. The second kappa shape index (κ2) is 12.1. The number of halogens is 2. The third kappa shape index (κ3) is 5.78. The quantitative estimate of drug-likeness (QED) is 0.227. The number of phenolic OH excluding ortho intramolecular Hbond substituents is 1. The van der Waals surface area contributed by atoms with Gasteiger partial charge in [-0.3, -0.25) is 9.59 Å². The molecular formula is C34H32F2N6O5. The molecule has 13 heteroatoms. The van der Waals surface area contributed by atoms with Gasteiger partial charge in [-0.05, 0) is 49.7 Å². The predicted octanol–water partition coefficient (Wildman–Crippen LogP) is 5.46. The van der Waals surface area contributed by atoms with Gasteiger partial charge >= 0.3 is 0 Å². The van der Waals surface area contributed by atoms with Crippen molar-refractivity contribution in [2.75, 3.05) is 50.1 Å². The molecule has 2 aromatic heterocycles. The molecule has 0 atom stereocenters. The van der Waals surface area contributed by atoms with Gasteiger partial charge in [0, 0.05) is 61.6 Å². The van der Waals surface area contributed by atoms with Crippen LogP contribution in [0.4, 0.5) is 20.2 Å². The van der Waals surface area contributed by atoms with Crippen molar-refractivity contribution in [2.45, 2.75) is 25.8 Å². The maximum absolute atomic E-state index is 15.5. The summed E-state index contributed by atoms with van der Waals surface area (Å²) in [5.41, 5.74) is 0.749. The number of fused-ring (bicyclic) bond motifs is 2. The van der Waals surface area contributed by atoms with E-state index in [1.165, 1.54) is 50.0 Å². The lowest BCUT2D eigenvalue weighted by Gasteiger charge is -2.35. The Morgan fingerprint density at radius 3 is 2.49 bits per heavy atom. The van der Waals surface area contributed by atoms with Crippen LogP contribution in [-0.2, 0) is 0 Å². The average molecular weight is 643 g/mol. The highest BCUT2D eigenvalue weighted by Crippen LogP contribution is 2.39. The van der Waals surface area contributed by atoms with Crippen molar-refractivity contribution in [1.29, 1.82) is 0 Å². The number of aromatic hydroxyl groups is 1. The number of anilines is 2. The molecule has 0 bridgehead atoms. The number of benzene rings is 3. The summed E-state index contributed by atoms with van der Waals surface area (Å²) in [7, 11) is 1.41. The standard InChI is InChI=1S/C34H32F2N6O5/c1-3-40-8-10-41(11-9-40)28-16-27-22(13-24(28)35)32(44)23(17-42(27)20-5-6-20)33(45)39-19-4-7-30(25(36)12-19)47-34-21-14-29(43)31(46-2)15-26(21)37-18-38-34/h4,7,12-18,20,43H,3,5-6,8-11H2,1-2H3,(H,39,45). The topological polar surface area (TPSA) is 122 Å². The monoisotopic (exact) mass is 642 g/mol. The summed E-state index contributed by atoms with van der Waals surface area (Å²) in [6.45, 7) is 6.05. The van der Waals surface area contributed by atoms with Crippen molar-refractivity contribution in [2.24, 2.45) is 0 Å². The van der Waals surface area contributed by atoms with Crippen LogP contribution in [0.2, 0.25) is 0 Å². The van der Waals surface area contributed by atoms with Gasteiger partial charge in [-0.15, -0.1) is 0 Å². The zero-order chi connectivity index (χ0) is 32.8. The van der Waals surface area contributed by atoms with Crippen LogP contribution in [-0.4, -0.2) is 70.3 Å². The molecule has 47 heavy (non-hydrogen) atoms. The van der Waals surface area contributed by atoms with Crippen LogP contribution in [0, 0.1) is 11.6 Å². The molecular weight excluding hydrogens is 610 g/mol. The molecule has 0 spiro atoms. The Labute approximate surface area is 268 Å². The molecule has 5 aromatic rings. The smallest absolute Gasteiger partial charge is 0.261 e. The third-order valence-corrected chi connectivity index (χ3v) is 8.74. The van der Waals surface area contributed by atoms with Crippen LogP contribution in [0.15, 0.2) is 59.8 Å². The van der Waals surface area contributed by atoms with Gasteiger partial charge in [0.1, 0.15) is 17.7 Å². The number of piperazine rings is 1. The number of hydrogen-bond donors (Lipinski definition) is 2. The summed E-state index contributed by atoms with van der Waals surface area (Å²) in [4.78, 5) is 39.5. The van der Waals surface area contributed by atoms with Gasteiger partial charge in [0.25, 0.3) is 5.91 Å². The molecule has 242 valence electrons. The number of rotatable bonds is 8. The number of hydrogen-bond acceptors (Lipinski definition) is 9. The van der Waals surface area contributed by atoms with Gasteiger partial charge in [-0.1, -0.05) is 6.92 Å². The van der Waals surface area contributed by atoms with Gasteiger partial charge in [-0.25, -0.2) is 18.7 Å². The van der Waals surface area contributed by atoms with E-state index >= 15 is 8.78 Å². The van der Waals surface area contributed by atoms with E-state index in [-0.39, 0.29) is 45.8 Å². The van der Waals surface area contributed by atoms with Crippen molar-refractivity contribution >= 4 is 39.1 Å². The fourth-order valence-corrected chi connectivity index (χ4v) is 5.98. The fourth-order valence-electron chi connectivity index (χ4n) is 5.98. The molecule has 0 unspecified atom stereocenters. The second-order valence-electron chi connectivity index (χ2n) is 11.7. The number of amides is 1. The van der Waals surface area contributed by atoms with Gasteiger partial charge in [-0.2, -0.15) is 0 Å². The van der Waals surface area contributed by atoms with Gasteiger partial charge in [0.05, 0.1) is 29.2 Å². The van der Waals surface area contributed by atoms with E-state index in [0.29, 0.717) is 35.2 Å². The first-order chi connectivity index (χ1) is 22.7. The normalized spacial score (nSPS) is 15.3. The van der Waals surface area contributed by atoms with Crippen LogP contribution in [0.25, 0.3) is 21.8 Å². The molecule has 1 aliphatic heterocycles. The van der Waals surface area contributed by atoms with Crippen LogP contribution in [0.1, 0.15) is 36.2 Å². The summed E-state index contributed by atoms with van der Waals surface area (Å²) in [6.07, 6.45) is 4.51. The van der Waals surface area contributed by atoms with Crippen molar-refractivity contribution in [3.8, 4) is 23.1 Å². The molecule has 2 aliphatic rings. The predicted molar refractivity (Wildman–Crippen MR) is 173 cm³/mol. The largest absolute Gasteiger partial charge is 0.504 e. The fraction of sp³-hybridized carbons (Fsp3) is 0.294. The lowest BCUT2D eigenvalue weighted by Crippen LogP contribution is -2.46. The van der Waals surface area contributed by atoms with Crippen LogP contribution in [0.5, 0.6) is 23.1 Å². The van der Waals surface area contributed by atoms with Crippen molar-refractivity contribution in [3.05, 3.63) is 82.4 Å². The summed E-state index contributed by atoms with van der Waals surface area (Å²) in [5, 5.41) is 13.2. The summed E-state index contributed by atoms with van der Waals surface area (Å²) < 4.78 is 43.4. The molecule has 3 heterocycles. The SMILES string of the molecule is CCN1CCN(c2cc3c(cc2F)c(=O)c(C(=O)Nc2ccc(Oc4ncnc5cc(OC)c(O)cc45)c(F)c2)cn3C2CC2)CC1. The van der Waals surface area contributed by atoms with Gasteiger partial charge in [0.15, 0.2) is 23.1 Å². The van der Waals surface area contributed by atoms with Gasteiger partial charge in [0.2, 0.25) is 11.3 Å². The minimum Gasteiger partial charge on any atom is -0.504 e. The minimum absolute atomic E-state index is 0.000891. The first kappa shape index (κ1) is 30.4. The Balaban J connectivity index is 1.15. The molecule has 1 amide bonds. The number of likely N-dealkylation sites (N-methyl/N-ethyl adjacent to an activating group) is 1. The van der Waals surface area contributed by atoms with Crippen molar-refractivity contribution in [3.63, 3.8) is 0 Å². The number of ether oxygens (including phenoxy) is 2. The Morgan fingerprint density at radius 2 is 1.79 bits per heavy atom. The maximum atomic E-state index is 15.5. The lowest BCUT2D eigenvalue weighted by atomic mass is 10.1. The van der Waals surface area contributed by atoms with E-state index in [2.05, 4.69) is 27.1 Å². The highest BCUT2D eigenvalue weighted by Gasteiger charge is 2.29. The van der Waals surface area contributed by atoms with E-state index in [1.54, 1.807) is 6.07 Å². The highest BCUT2D eigenvalue weighted by molar-refractivity contribution is 6.06. The zero-order valence-corrected chi connectivity index (χ0v) is 25.8. The first-order valence-electron chi connectivity index (χ1n) is 15.4.